The molecule has 3 nitrogen and oxygen atoms in total. The summed E-state index contributed by atoms with van der Waals surface area (Å²) in [6.45, 7) is 3.98. The molecule has 0 atom stereocenters. The molecule has 1 aliphatic rings. The van der Waals surface area contributed by atoms with Crippen LogP contribution in [-0.4, -0.2) is 24.8 Å². The minimum atomic E-state index is 0.793. The van der Waals surface area contributed by atoms with E-state index < -0.39 is 0 Å². The van der Waals surface area contributed by atoms with Crippen molar-refractivity contribution in [3.63, 3.8) is 0 Å². The van der Waals surface area contributed by atoms with E-state index in [1.165, 1.54) is 18.5 Å². The Bertz CT molecular complexity index is 290. The third-order valence-corrected chi connectivity index (χ3v) is 3.08. The zero-order valence-electron chi connectivity index (χ0n) is 9.41. The van der Waals surface area contributed by atoms with E-state index in [0.717, 1.165) is 32.2 Å². The summed E-state index contributed by atoms with van der Waals surface area (Å²) in [5.74, 6) is 0.793. The average molecular weight is 208 g/mol. The smallest absolute Gasteiger partial charge is 0.0469 e. The second-order valence-electron chi connectivity index (χ2n) is 4.24. The first kappa shape index (κ1) is 10.7. The molecule has 0 unspecified atom stereocenters. The Morgan fingerprint density at radius 2 is 2.27 bits per heavy atom. The summed E-state index contributed by atoms with van der Waals surface area (Å²) in [5, 5.41) is 3.20. The Kier molecular flexibility index (Phi) is 3.80. The van der Waals surface area contributed by atoms with Crippen LogP contribution in [0.15, 0.2) is 18.3 Å². The molecule has 1 aromatic rings. The fourth-order valence-electron chi connectivity index (χ4n) is 2.18. The first-order valence-corrected chi connectivity index (χ1v) is 5.76. The maximum Gasteiger partial charge on any atom is 0.0469 e. The Labute approximate surface area is 91.4 Å². The monoisotopic (exact) mass is 208 g/mol. The highest BCUT2D eigenvalue weighted by Crippen LogP contribution is 2.18. The second kappa shape index (κ2) is 5.33. The highest BCUT2D eigenvalue weighted by Gasteiger charge is 2.14. The number of rotatable bonds is 4. The predicted octanol–water partition coefficient (Wildman–Crippen LogP) is 1.63. The highest BCUT2D eigenvalue weighted by atomic mass is 16.5. The molecule has 2 heterocycles. The van der Waals surface area contributed by atoms with Crippen LogP contribution in [0, 0.1) is 5.92 Å². The van der Waals surface area contributed by atoms with Gasteiger partial charge in [0.15, 0.2) is 0 Å². The van der Waals surface area contributed by atoms with E-state index in [1.54, 1.807) is 0 Å². The average Bonchev–Trinajstić information content (AvgIpc) is 2.68. The van der Waals surface area contributed by atoms with Crippen molar-refractivity contribution in [3.8, 4) is 0 Å². The minimum absolute atomic E-state index is 0.793. The van der Waals surface area contributed by atoms with Gasteiger partial charge in [-0.3, -0.25) is 0 Å². The van der Waals surface area contributed by atoms with E-state index in [9.17, 15) is 0 Å². The number of aromatic nitrogens is 1. The van der Waals surface area contributed by atoms with Crippen LogP contribution < -0.4 is 5.32 Å². The van der Waals surface area contributed by atoms with Crippen LogP contribution in [0.3, 0.4) is 0 Å². The molecule has 15 heavy (non-hydrogen) atoms. The van der Waals surface area contributed by atoms with Crippen molar-refractivity contribution in [1.82, 2.24) is 9.88 Å². The Morgan fingerprint density at radius 3 is 3.00 bits per heavy atom. The lowest BCUT2D eigenvalue weighted by Gasteiger charge is -2.23. The molecule has 84 valence electrons. The van der Waals surface area contributed by atoms with Crippen LogP contribution in [0.1, 0.15) is 18.5 Å². The summed E-state index contributed by atoms with van der Waals surface area (Å²) in [6.07, 6.45) is 4.59. The molecule has 1 N–H and O–H groups in total. The summed E-state index contributed by atoms with van der Waals surface area (Å²) >= 11 is 0. The van der Waals surface area contributed by atoms with Gasteiger partial charge in [-0.05, 0) is 37.9 Å². The van der Waals surface area contributed by atoms with Crippen molar-refractivity contribution in [1.29, 1.82) is 0 Å². The van der Waals surface area contributed by atoms with Crippen molar-refractivity contribution < 1.29 is 4.74 Å². The van der Waals surface area contributed by atoms with Gasteiger partial charge in [0, 0.05) is 38.2 Å². The van der Waals surface area contributed by atoms with Gasteiger partial charge in [-0.15, -0.1) is 0 Å². The van der Waals surface area contributed by atoms with E-state index in [2.05, 4.69) is 28.2 Å². The zero-order valence-corrected chi connectivity index (χ0v) is 9.41. The first-order chi connectivity index (χ1) is 7.40. The maximum atomic E-state index is 5.38. The van der Waals surface area contributed by atoms with Gasteiger partial charge >= 0.3 is 0 Å². The largest absolute Gasteiger partial charge is 0.381 e. The van der Waals surface area contributed by atoms with E-state index in [1.807, 2.05) is 7.05 Å². The highest BCUT2D eigenvalue weighted by molar-refractivity contribution is 5.07. The predicted molar refractivity (Wildman–Crippen MR) is 60.7 cm³/mol. The fourth-order valence-corrected chi connectivity index (χ4v) is 2.18. The summed E-state index contributed by atoms with van der Waals surface area (Å²) in [4.78, 5) is 0. The molecule has 1 aromatic heterocycles. The van der Waals surface area contributed by atoms with Crippen molar-refractivity contribution in [2.45, 2.75) is 25.9 Å². The lowest BCUT2D eigenvalue weighted by molar-refractivity contribution is 0.0610. The lowest BCUT2D eigenvalue weighted by atomic mass is 10.0. The van der Waals surface area contributed by atoms with Gasteiger partial charge in [-0.2, -0.15) is 0 Å². The molecule has 1 fully saturated rings. The van der Waals surface area contributed by atoms with Crippen LogP contribution in [0.5, 0.6) is 0 Å². The molecule has 0 aliphatic carbocycles. The molecular weight excluding hydrogens is 188 g/mol. The fraction of sp³-hybridized carbons (Fsp3) is 0.667. The van der Waals surface area contributed by atoms with Crippen molar-refractivity contribution in [3.05, 3.63) is 24.0 Å². The zero-order chi connectivity index (χ0) is 10.5. The molecule has 0 aromatic carbocycles. The van der Waals surface area contributed by atoms with Crippen molar-refractivity contribution in [2.24, 2.45) is 5.92 Å². The Morgan fingerprint density at radius 1 is 1.47 bits per heavy atom. The van der Waals surface area contributed by atoms with Crippen LogP contribution in [0.25, 0.3) is 0 Å². The number of ether oxygens (including phenoxy) is 1. The number of hydrogen-bond acceptors (Lipinski definition) is 2. The molecule has 3 heteroatoms. The summed E-state index contributed by atoms with van der Waals surface area (Å²) in [5.41, 5.74) is 1.38. The Balaban J connectivity index is 1.93. The summed E-state index contributed by atoms with van der Waals surface area (Å²) < 4.78 is 7.74. The molecule has 0 saturated carbocycles. The van der Waals surface area contributed by atoms with Crippen LogP contribution in [-0.2, 0) is 17.8 Å². The summed E-state index contributed by atoms with van der Waals surface area (Å²) in [6, 6.07) is 4.32. The Hall–Kier alpha value is -0.800. The maximum absolute atomic E-state index is 5.38. The standard InChI is InChI=1S/C12H20N2O/c1-13-9-12-3-2-6-14(12)10-11-4-7-15-8-5-11/h2-3,6,11,13H,4-5,7-10H2,1H3. The molecule has 0 spiro atoms. The minimum Gasteiger partial charge on any atom is -0.381 e. The quantitative estimate of drug-likeness (QED) is 0.814. The van der Waals surface area contributed by atoms with E-state index in [-0.39, 0.29) is 0 Å². The van der Waals surface area contributed by atoms with Crippen molar-refractivity contribution >= 4 is 0 Å². The molecule has 1 saturated heterocycles. The van der Waals surface area contributed by atoms with Gasteiger partial charge in [0.05, 0.1) is 0 Å². The molecule has 2 rings (SSSR count). The first-order valence-electron chi connectivity index (χ1n) is 5.76. The van der Waals surface area contributed by atoms with Gasteiger partial charge in [0.2, 0.25) is 0 Å². The van der Waals surface area contributed by atoms with Crippen LogP contribution in [0.4, 0.5) is 0 Å². The topological polar surface area (TPSA) is 26.2 Å². The molecular formula is C12H20N2O. The van der Waals surface area contributed by atoms with Crippen LogP contribution in [0.2, 0.25) is 0 Å². The van der Waals surface area contributed by atoms with E-state index in [0.29, 0.717) is 0 Å². The number of hydrogen-bond donors (Lipinski definition) is 1. The van der Waals surface area contributed by atoms with Gasteiger partial charge in [0.25, 0.3) is 0 Å². The SMILES string of the molecule is CNCc1cccn1CC1CCOCC1. The van der Waals surface area contributed by atoms with Gasteiger partial charge in [-0.25, -0.2) is 0 Å². The normalized spacial score (nSPS) is 18.2. The van der Waals surface area contributed by atoms with E-state index >= 15 is 0 Å². The molecule has 0 radical (unpaired) electrons. The summed E-state index contributed by atoms with van der Waals surface area (Å²) in [7, 11) is 1.99. The molecule has 0 amide bonds. The lowest BCUT2D eigenvalue weighted by Crippen LogP contribution is -2.21. The number of nitrogens with one attached hydrogen (secondary N) is 1. The molecule has 0 bridgehead atoms. The number of nitrogens with zero attached hydrogens (tertiary/aromatic N) is 1. The molecule has 1 aliphatic heterocycles. The van der Waals surface area contributed by atoms with Crippen LogP contribution >= 0.6 is 0 Å². The van der Waals surface area contributed by atoms with Gasteiger partial charge < -0.3 is 14.6 Å². The van der Waals surface area contributed by atoms with Gasteiger partial charge in [0.1, 0.15) is 0 Å². The second-order valence-corrected chi connectivity index (χ2v) is 4.24. The third kappa shape index (κ3) is 2.83. The van der Waals surface area contributed by atoms with Crippen molar-refractivity contribution in [2.75, 3.05) is 20.3 Å². The van der Waals surface area contributed by atoms with Gasteiger partial charge in [-0.1, -0.05) is 0 Å². The third-order valence-electron chi connectivity index (χ3n) is 3.08. The van der Waals surface area contributed by atoms with E-state index in [4.69, 9.17) is 4.74 Å².